The number of hydrogen-bond donors (Lipinski definition) is 0. The van der Waals surface area contributed by atoms with E-state index in [0.29, 0.717) is 13.1 Å². The zero-order chi connectivity index (χ0) is 18.4. The highest BCUT2D eigenvalue weighted by Crippen LogP contribution is 2.16. The molecule has 1 atom stereocenters. The van der Waals surface area contributed by atoms with Crippen molar-refractivity contribution in [2.24, 2.45) is 0 Å². The van der Waals surface area contributed by atoms with Crippen LogP contribution < -0.4 is 4.90 Å². The Balaban J connectivity index is 1.58. The fourth-order valence-corrected chi connectivity index (χ4v) is 3.88. The minimum Gasteiger partial charge on any atom is -0.338 e. The van der Waals surface area contributed by atoms with Crippen molar-refractivity contribution in [1.82, 2.24) is 19.8 Å². The molecule has 3 rings (SSSR count). The quantitative estimate of drug-likeness (QED) is 0.699. The van der Waals surface area contributed by atoms with Gasteiger partial charge in [0.15, 0.2) is 0 Å². The van der Waals surface area contributed by atoms with Crippen molar-refractivity contribution < 1.29 is 4.79 Å². The highest BCUT2D eigenvalue weighted by atomic mass is 32.1. The minimum absolute atomic E-state index is 0.145. The number of rotatable bonds is 7. The smallest absolute Gasteiger partial charge is 0.240 e. The second-order valence-corrected chi connectivity index (χ2v) is 7.37. The summed E-state index contributed by atoms with van der Waals surface area (Å²) >= 11 is 1.68. The van der Waals surface area contributed by atoms with E-state index in [-0.39, 0.29) is 11.9 Å². The summed E-state index contributed by atoms with van der Waals surface area (Å²) in [5, 5.41) is 2.04. The molecule has 1 aliphatic rings. The van der Waals surface area contributed by atoms with Gasteiger partial charge in [0.25, 0.3) is 0 Å². The number of thiophene rings is 1. The summed E-state index contributed by atoms with van der Waals surface area (Å²) in [6.45, 7) is 10.3. The summed E-state index contributed by atoms with van der Waals surface area (Å²) in [4.78, 5) is 29.1. The average Bonchev–Trinajstić information content (AvgIpc) is 3.20. The summed E-state index contributed by atoms with van der Waals surface area (Å²) < 4.78 is 0. The Hall–Kier alpha value is -2.25. The van der Waals surface area contributed by atoms with Gasteiger partial charge in [-0.1, -0.05) is 12.1 Å². The fourth-order valence-electron chi connectivity index (χ4n) is 3.16. The van der Waals surface area contributed by atoms with Crippen molar-refractivity contribution >= 4 is 23.2 Å². The van der Waals surface area contributed by atoms with Crippen LogP contribution in [0.5, 0.6) is 0 Å². The van der Waals surface area contributed by atoms with Crippen LogP contribution in [0.3, 0.4) is 0 Å². The molecule has 2 aromatic heterocycles. The van der Waals surface area contributed by atoms with Crippen LogP contribution in [0.15, 0.2) is 48.6 Å². The molecule has 138 valence electrons. The van der Waals surface area contributed by atoms with E-state index >= 15 is 0 Å². The maximum absolute atomic E-state index is 13.0. The number of carbonyl (C=O) groups excluding carboxylic acids is 1. The SMILES string of the molecule is C=CCN(Cc1cccs1)C(=O)C(C)N1CCN(c2ncccn2)CC1. The number of nitrogens with zero attached hydrogens (tertiary/aromatic N) is 5. The Bertz CT molecular complexity index is 698. The number of anilines is 1. The molecule has 6 nitrogen and oxygen atoms in total. The first kappa shape index (κ1) is 18.5. The maximum atomic E-state index is 13.0. The van der Waals surface area contributed by atoms with Crippen LogP contribution in [0.4, 0.5) is 5.95 Å². The Kier molecular flexibility index (Phi) is 6.35. The van der Waals surface area contributed by atoms with Gasteiger partial charge in [0.05, 0.1) is 12.6 Å². The molecule has 0 N–H and O–H groups in total. The summed E-state index contributed by atoms with van der Waals surface area (Å²) in [6, 6.07) is 5.76. The van der Waals surface area contributed by atoms with Gasteiger partial charge in [-0.3, -0.25) is 9.69 Å². The monoisotopic (exact) mass is 371 g/mol. The number of carbonyl (C=O) groups is 1. The predicted octanol–water partition coefficient (Wildman–Crippen LogP) is 2.26. The van der Waals surface area contributed by atoms with E-state index in [1.54, 1.807) is 29.8 Å². The van der Waals surface area contributed by atoms with Crippen LogP contribution in [0.1, 0.15) is 11.8 Å². The van der Waals surface area contributed by atoms with E-state index in [4.69, 9.17) is 0 Å². The number of piperazine rings is 1. The van der Waals surface area contributed by atoms with Gasteiger partial charge in [-0.2, -0.15) is 0 Å². The van der Waals surface area contributed by atoms with Crippen molar-refractivity contribution in [1.29, 1.82) is 0 Å². The Labute approximate surface area is 158 Å². The van der Waals surface area contributed by atoms with Crippen LogP contribution in [-0.2, 0) is 11.3 Å². The van der Waals surface area contributed by atoms with E-state index in [1.165, 1.54) is 4.88 Å². The molecule has 1 aliphatic heterocycles. The van der Waals surface area contributed by atoms with Crippen LogP contribution in [0.2, 0.25) is 0 Å². The van der Waals surface area contributed by atoms with E-state index in [9.17, 15) is 4.79 Å². The first-order chi connectivity index (χ1) is 12.7. The number of amides is 1. The van der Waals surface area contributed by atoms with Crippen LogP contribution in [-0.4, -0.2) is 64.4 Å². The second kappa shape index (κ2) is 8.91. The molecule has 0 radical (unpaired) electrons. The highest BCUT2D eigenvalue weighted by molar-refractivity contribution is 7.09. The van der Waals surface area contributed by atoms with Gasteiger partial charge in [0.1, 0.15) is 0 Å². The second-order valence-electron chi connectivity index (χ2n) is 6.33. The molecule has 1 saturated heterocycles. The third kappa shape index (κ3) is 4.47. The van der Waals surface area contributed by atoms with Gasteiger partial charge in [-0.15, -0.1) is 17.9 Å². The molecule has 1 unspecified atom stereocenters. The van der Waals surface area contributed by atoms with E-state index in [0.717, 1.165) is 32.1 Å². The molecule has 3 heterocycles. The van der Waals surface area contributed by atoms with Gasteiger partial charge < -0.3 is 9.80 Å². The molecular weight excluding hydrogens is 346 g/mol. The zero-order valence-corrected chi connectivity index (χ0v) is 15.9. The lowest BCUT2D eigenvalue weighted by Gasteiger charge is -2.38. The van der Waals surface area contributed by atoms with Gasteiger partial charge in [-0.25, -0.2) is 9.97 Å². The lowest BCUT2D eigenvalue weighted by molar-refractivity contribution is -0.136. The van der Waals surface area contributed by atoms with E-state index in [2.05, 4.69) is 32.4 Å². The molecule has 26 heavy (non-hydrogen) atoms. The van der Waals surface area contributed by atoms with Gasteiger partial charge >= 0.3 is 0 Å². The summed E-state index contributed by atoms with van der Waals surface area (Å²) in [5.74, 6) is 0.916. The molecule has 0 saturated carbocycles. The molecule has 2 aromatic rings. The highest BCUT2D eigenvalue weighted by Gasteiger charge is 2.29. The van der Waals surface area contributed by atoms with Crippen molar-refractivity contribution in [3.63, 3.8) is 0 Å². The predicted molar refractivity (Wildman–Crippen MR) is 105 cm³/mol. The lowest BCUT2D eigenvalue weighted by Crippen LogP contribution is -2.54. The largest absolute Gasteiger partial charge is 0.338 e. The Morgan fingerprint density at radius 3 is 2.65 bits per heavy atom. The van der Waals surface area contributed by atoms with Crippen LogP contribution in [0.25, 0.3) is 0 Å². The Morgan fingerprint density at radius 2 is 2.04 bits per heavy atom. The molecule has 0 aromatic carbocycles. The number of hydrogen-bond acceptors (Lipinski definition) is 6. The van der Waals surface area contributed by atoms with Crippen LogP contribution in [0, 0.1) is 0 Å². The molecule has 7 heteroatoms. The zero-order valence-electron chi connectivity index (χ0n) is 15.1. The first-order valence-electron chi connectivity index (χ1n) is 8.87. The number of aromatic nitrogens is 2. The maximum Gasteiger partial charge on any atom is 0.240 e. The molecule has 0 bridgehead atoms. The summed E-state index contributed by atoms with van der Waals surface area (Å²) in [6.07, 6.45) is 5.32. The molecule has 1 amide bonds. The summed E-state index contributed by atoms with van der Waals surface area (Å²) in [7, 11) is 0. The lowest BCUT2D eigenvalue weighted by atomic mass is 10.2. The van der Waals surface area contributed by atoms with Crippen molar-refractivity contribution in [2.75, 3.05) is 37.6 Å². The van der Waals surface area contributed by atoms with Gasteiger partial charge in [0, 0.05) is 50.0 Å². The Morgan fingerprint density at radius 1 is 1.31 bits per heavy atom. The van der Waals surface area contributed by atoms with Crippen molar-refractivity contribution in [2.45, 2.75) is 19.5 Å². The normalized spacial score (nSPS) is 16.3. The minimum atomic E-state index is -0.145. The standard InChI is InChI=1S/C19H25N5OS/c1-3-9-24(15-17-6-4-14-26-17)18(25)16(2)22-10-12-23(13-11-22)19-20-7-5-8-21-19/h3-8,14,16H,1,9-13,15H2,2H3. The van der Waals surface area contributed by atoms with Crippen molar-refractivity contribution in [3.05, 3.63) is 53.5 Å². The van der Waals surface area contributed by atoms with Crippen LogP contribution >= 0.6 is 11.3 Å². The van der Waals surface area contributed by atoms with E-state index in [1.807, 2.05) is 29.3 Å². The molecule has 0 aliphatic carbocycles. The molecular formula is C19H25N5OS. The topological polar surface area (TPSA) is 52.6 Å². The van der Waals surface area contributed by atoms with Crippen molar-refractivity contribution in [3.8, 4) is 0 Å². The average molecular weight is 372 g/mol. The first-order valence-corrected chi connectivity index (χ1v) is 9.75. The van der Waals surface area contributed by atoms with Gasteiger partial charge in [0.2, 0.25) is 11.9 Å². The fraction of sp³-hybridized carbons (Fsp3) is 0.421. The molecule has 1 fully saturated rings. The van der Waals surface area contributed by atoms with E-state index < -0.39 is 0 Å². The third-order valence-corrected chi connectivity index (χ3v) is 5.50. The third-order valence-electron chi connectivity index (χ3n) is 4.64. The molecule has 0 spiro atoms. The summed E-state index contributed by atoms with van der Waals surface area (Å²) in [5.41, 5.74) is 0. The van der Waals surface area contributed by atoms with Gasteiger partial charge in [-0.05, 0) is 24.4 Å².